The quantitative estimate of drug-likeness (QED) is 0.912. The van der Waals surface area contributed by atoms with Crippen LogP contribution in [0.2, 0.25) is 0 Å². The van der Waals surface area contributed by atoms with Gasteiger partial charge in [-0.2, -0.15) is 0 Å². The molecular formula is C17H23N3O2. The zero-order valence-corrected chi connectivity index (χ0v) is 13.2. The van der Waals surface area contributed by atoms with Gasteiger partial charge in [0.15, 0.2) is 0 Å². The standard InChI is InChI=1S/C17H23N3O2/c1-11-5-6-14-17(12(11)2)20-15(19-14)9-18-16(21)8-13-4-3-7-22-10-13/h5-6,13H,3-4,7-10H2,1-2H3,(H,18,21)(H,19,20)/t13-/m0/s1. The first kappa shape index (κ1) is 15.0. The van der Waals surface area contributed by atoms with Gasteiger partial charge in [-0.1, -0.05) is 6.07 Å². The number of hydrogen-bond acceptors (Lipinski definition) is 3. The number of imidazole rings is 1. The Hall–Kier alpha value is -1.88. The van der Waals surface area contributed by atoms with Crippen molar-refractivity contribution in [3.63, 3.8) is 0 Å². The maximum Gasteiger partial charge on any atom is 0.220 e. The van der Waals surface area contributed by atoms with Crippen molar-refractivity contribution >= 4 is 16.9 Å². The summed E-state index contributed by atoms with van der Waals surface area (Å²) in [6, 6.07) is 4.12. The van der Waals surface area contributed by atoms with Gasteiger partial charge in [0.2, 0.25) is 5.91 Å². The van der Waals surface area contributed by atoms with Crippen LogP contribution in [0, 0.1) is 19.8 Å². The van der Waals surface area contributed by atoms with Gasteiger partial charge in [0.05, 0.1) is 17.6 Å². The molecule has 0 aliphatic carbocycles. The molecule has 0 unspecified atom stereocenters. The SMILES string of the molecule is Cc1ccc2[nH]c(CNC(=O)C[C@@H]3CCCOC3)nc2c1C. The Morgan fingerprint density at radius 2 is 2.32 bits per heavy atom. The second-order valence-electron chi connectivity index (χ2n) is 6.15. The van der Waals surface area contributed by atoms with Gasteiger partial charge in [0.1, 0.15) is 5.82 Å². The van der Waals surface area contributed by atoms with Crippen molar-refractivity contribution in [3.05, 3.63) is 29.1 Å². The Balaban J connectivity index is 1.59. The van der Waals surface area contributed by atoms with Crippen LogP contribution in [-0.2, 0) is 16.1 Å². The molecule has 2 heterocycles. The van der Waals surface area contributed by atoms with Crippen LogP contribution in [0.5, 0.6) is 0 Å². The highest BCUT2D eigenvalue weighted by molar-refractivity contribution is 5.80. The average molecular weight is 301 g/mol. The van der Waals surface area contributed by atoms with E-state index in [0.717, 1.165) is 36.3 Å². The van der Waals surface area contributed by atoms with Crippen molar-refractivity contribution in [2.75, 3.05) is 13.2 Å². The zero-order chi connectivity index (χ0) is 15.5. The highest BCUT2D eigenvalue weighted by Gasteiger charge is 2.17. The number of carbonyl (C=O) groups is 1. The molecular weight excluding hydrogens is 278 g/mol. The van der Waals surface area contributed by atoms with Gasteiger partial charge >= 0.3 is 0 Å². The normalized spacial score (nSPS) is 18.5. The number of H-pyrrole nitrogens is 1. The summed E-state index contributed by atoms with van der Waals surface area (Å²) in [5.74, 6) is 1.23. The highest BCUT2D eigenvalue weighted by atomic mass is 16.5. The van der Waals surface area contributed by atoms with E-state index in [-0.39, 0.29) is 5.91 Å². The Labute approximate surface area is 130 Å². The summed E-state index contributed by atoms with van der Waals surface area (Å²) < 4.78 is 5.41. The predicted octanol–water partition coefficient (Wildman–Crippen LogP) is 2.61. The Morgan fingerprint density at radius 1 is 1.45 bits per heavy atom. The molecule has 0 bridgehead atoms. The Morgan fingerprint density at radius 3 is 3.09 bits per heavy atom. The third-order valence-electron chi connectivity index (χ3n) is 4.41. The van der Waals surface area contributed by atoms with E-state index in [2.05, 4.69) is 35.2 Å². The Bertz CT molecular complexity index is 672. The van der Waals surface area contributed by atoms with Gasteiger partial charge in [-0.15, -0.1) is 0 Å². The number of rotatable bonds is 4. The van der Waals surface area contributed by atoms with Crippen molar-refractivity contribution in [1.29, 1.82) is 0 Å². The monoisotopic (exact) mass is 301 g/mol. The van der Waals surface area contributed by atoms with E-state index < -0.39 is 0 Å². The number of amides is 1. The molecule has 1 saturated heterocycles. The minimum absolute atomic E-state index is 0.0730. The summed E-state index contributed by atoms with van der Waals surface area (Å²) in [7, 11) is 0. The molecule has 22 heavy (non-hydrogen) atoms. The summed E-state index contributed by atoms with van der Waals surface area (Å²) in [4.78, 5) is 19.9. The lowest BCUT2D eigenvalue weighted by Gasteiger charge is -2.21. The molecule has 1 amide bonds. The third kappa shape index (κ3) is 3.30. The van der Waals surface area contributed by atoms with Crippen molar-refractivity contribution in [2.45, 2.75) is 39.7 Å². The molecule has 5 heteroatoms. The molecule has 1 aromatic carbocycles. The van der Waals surface area contributed by atoms with Crippen LogP contribution in [0.3, 0.4) is 0 Å². The zero-order valence-electron chi connectivity index (χ0n) is 13.2. The molecule has 1 fully saturated rings. The lowest BCUT2D eigenvalue weighted by molar-refractivity contribution is -0.123. The molecule has 2 N–H and O–H groups in total. The second-order valence-corrected chi connectivity index (χ2v) is 6.15. The lowest BCUT2D eigenvalue weighted by atomic mass is 9.98. The van der Waals surface area contributed by atoms with Crippen LogP contribution in [0.1, 0.15) is 36.2 Å². The molecule has 0 saturated carbocycles. The summed E-state index contributed by atoms with van der Waals surface area (Å²) in [5, 5.41) is 2.95. The van der Waals surface area contributed by atoms with Crippen LogP contribution in [0.4, 0.5) is 0 Å². The maximum absolute atomic E-state index is 12.0. The number of nitrogens with one attached hydrogen (secondary N) is 2. The molecule has 3 rings (SSSR count). The molecule has 1 aliphatic rings. The molecule has 0 radical (unpaired) electrons. The van der Waals surface area contributed by atoms with Crippen molar-refractivity contribution in [2.24, 2.45) is 5.92 Å². The number of benzene rings is 1. The first-order valence-corrected chi connectivity index (χ1v) is 7.92. The first-order valence-electron chi connectivity index (χ1n) is 7.92. The number of aryl methyl sites for hydroxylation is 2. The van der Waals surface area contributed by atoms with E-state index in [1.165, 1.54) is 11.1 Å². The van der Waals surface area contributed by atoms with Crippen molar-refractivity contribution in [3.8, 4) is 0 Å². The summed E-state index contributed by atoms with van der Waals surface area (Å²) in [6.07, 6.45) is 2.68. The van der Waals surface area contributed by atoms with Gasteiger partial charge in [0, 0.05) is 19.6 Å². The Kier molecular flexibility index (Phi) is 4.43. The minimum atomic E-state index is 0.0730. The van der Waals surface area contributed by atoms with Crippen molar-refractivity contribution in [1.82, 2.24) is 15.3 Å². The number of ether oxygens (including phenoxy) is 1. The fourth-order valence-corrected chi connectivity index (χ4v) is 2.93. The lowest BCUT2D eigenvalue weighted by Crippen LogP contribution is -2.28. The van der Waals surface area contributed by atoms with E-state index in [1.807, 2.05) is 6.07 Å². The maximum atomic E-state index is 12.0. The number of carbonyl (C=O) groups excluding carboxylic acids is 1. The largest absolute Gasteiger partial charge is 0.381 e. The number of fused-ring (bicyclic) bond motifs is 1. The molecule has 1 aromatic heterocycles. The second kappa shape index (κ2) is 6.48. The van der Waals surface area contributed by atoms with Crippen molar-refractivity contribution < 1.29 is 9.53 Å². The van der Waals surface area contributed by atoms with E-state index in [4.69, 9.17) is 4.74 Å². The van der Waals surface area contributed by atoms with Crippen LogP contribution >= 0.6 is 0 Å². The van der Waals surface area contributed by atoms with Gasteiger partial charge in [-0.05, 0) is 49.8 Å². The minimum Gasteiger partial charge on any atom is -0.381 e. The first-order chi connectivity index (χ1) is 10.6. The fraction of sp³-hybridized carbons (Fsp3) is 0.529. The molecule has 0 spiro atoms. The molecule has 1 atom stereocenters. The molecule has 118 valence electrons. The molecule has 2 aromatic rings. The summed E-state index contributed by atoms with van der Waals surface area (Å²) >= 11 is 0. The summed E-state index contributed by atoms with van der Waals surface area (Å²) in [6.45, 7) is 6.13. The van der Waals surface area contributed by atoms with Crippen LogP contribution < -0.4 is 5.32 Å². The van der Waals surface area contributed by atoms with E-state index >= 15 is 0 Å². The molecule has 5 nitrogen and oxygen atoms in total. The number of aromatic nitrogens is 2. The van der Waals surface area contributed by atoms with E-state index in [0.29, 0.717) is 25.5 Å². The number of nitrogens with zero attached hydrogens (tertiary/aromatic N) is 1. The smallest absolute Gasteiger partial charge is 0.220 e. The van der Waals surface area contributed by atoms with Crippen LogP contribution in [-0.4, -0.2) is 29.1 Å². The van der Waals surface area contributed by atoms with E-state index in [9.17, 15) is 4.79 Å². The van der Waals surface area contributed by atoms with Gasteiger partial charge in [-0.3, -0.25) is 4.79 Å². The topological polar surface area (TPSA) is 67.0 Å². The van der Waals surface area contributed by atoms with Gasteiger partial charge < -0.3 is 15.0 Å². The molecule has 1 aliphatic heterocycles. The van der Waals surface area contributed by atoms with Gasteiger partial charge in [0.25, 0.3) is 0 Å². The fourth-order valence-electron chi connectivity index (χ4n) is 2.93. The number of aromatic amines is 1. The van der Waals surface area contributed by atoms with Crippen LogP contribution in [0.25, 0.3) is 11.0 Å². The summed E-state index contributed by atoms with van der Waals surface area (Å²) in [5.41, 5.74) is 4.43. The number of hydrogen-bond donors (Lipinski definition) is 2. The average Bonchev–Trinajstić information content (AvgIpc) is 2.94. The third-order valence-corrected chi connectivity index (χ3v) is 4.41. The van der Waals surface area contributed by atoms with Gasteiger partial charge in [-0.25, -0.2) is 4.98 Å². The highest BCUT2D eigenvalue weighted by Crippen LogP contribution is 2.19. The predicted molar refractivity (Wildman–Crippen MR) is 85.6 cm³/mol. The van der Waals surface area contributed by atoms with E-state index in [1.54, 1.807) is 0 Å². The van der Waals surface area contributed by atoms with Crippen LogP contribution in [0.15, 0.2) is 12.1 Å².